The van der Waals surface area contributed by atoms with Gasteiger partial charge in [-0.15, -0.1) is 11.3 Å². The standard InChI is InChI=1S/C18H12Cl2N2O2S/c19-12-10-14(20)18(21-11-12)24-16-6-2-1-5-15(16)22-17(23)8-7-13-4-3-9-25-13/h1-11H,(H,22,23)/b8-7+. The minimum atomic E-state index is -0.264. The average Bonchev–Trinajstić information content (AvgIpc) is 3.11. The molecule has 126 valence electrons. The highest BCUT2D eigenvalue weighted by atomic mass is 35.5. The molecule has 0 radical (unpaired) electrons. The highest BCUT2D eigenvalue weighted by Crippen LogP contribution is 2.33. The summed E-state index contributed by atoms with van der Waals surface area (Å²) in [5.41, 5.74) is 0.510. The van der Waals surface area contributed by atoms with Crippen molar-refractivity contribution in [3.05, 3.63) is 75.0 Å². The number of nitrogens with zero attached hydrogens (tertiary/aromatic N) is 1. The van der Waals surface area contributed by atoms with Crippen molar-refractivity contribution in [3.63, 3.8) is 0 Å². The molecule has 2 heterocycles. The topological polar surface area (TPSA) is 51.2 Å². The number of amides is 1. The Hall–Kier alpha value is -2.34. The third kappa shape index (κ3) is 4.82. The number of pyridine rings is 1. The fourth-order valence-electron chi connectivity index (χ4n) is 1.96. The number of aromatic nitrogens is 1. The van der Waals surface area contributed by atoms with Gasteiger partial charge in [0.25, 0.3) is 0 Å². The SMILES string of the molecule is O=C(/C=C/c1cccs1)Nc1ccccc1Oc1ncc(Cl)cc1Cl. The van der Waals surface area contributed by atoms with Crippen molar-refractivity contribution in [3.8, 4) is 11.6 Å². The molecule has 0 saturated carbocycles. The van der Waals surface area contributed by atoms with Gasteiger partial charge < -0.3 is 10.1 Å². The van der Waals surface area contributed by atoms with Gasteiger partial charge in [-0.2, -0.15) is 0 Å². The second-order valence-electron chi connectivity index (χ2n) is 4.88. The van der Waals surface area contributed by atoms with E-state index in [1.807, 2.05) is 17.5 Å². The van der Waals surface area contributed by atoms with Crippen molar-refractivity contribution in [1.82, 2.24) is 4.98 Å². The van der Waals surface area contributed by atoms with Gasteiger partial charge >= 0.3 is 0 Å². The zero-order valence-corrected chi connectivity index (χ0v) is 15.1. The van der Waals surface area contributed by atoms with Crippen molar-refractivity contribution >= 4 is 52.2 Å². The molecule has 0 aliphatic rings. The fraction of sp³-hybridized carbons (Fsp3) is 0. The molecule has 3 aromatic rings. The van der Waals surface area contributed by atoms with Crippen LogP contribution in [0.3, 0.4) is 0 Å². The van der Waals surface area contributed by atoms with E-state index in [1.54, 1.807) is 41.7 Å². The number of anilines is 1. The Morgan fingerprint density at radius 3 is 2.80 bits per heavy atom. The molecule has 4 nitrogen and oxygen atoms in total. The summed E-state index contributed by atoms with van der Waals surface area (Å²) in [4.78, 5) is 17.2. The normalized spacial score (nSPS) is 10.8. The van der Waals surface area contributed by atoms with Gasteiger partial charge in [0.1, 0.15) is 5.02 Å². The predicted octanol–water partition coefficient (Wildman–Crippen LogP) is 5.89. The van der Waals surface area contributed by atoms with Crippen molar-refractivity contribution in [1.29, 1.82) is 0 Å². The Kier molecular flexibility index (Phi) is 5.71. The zero-order chi connectivity index (χ0) is 17.6. The maximum absolute atomic E-state index is 12.1. The number of carbonyl (C=O) groups is 1. The lowest BCUT2D eigenvalue weighted by Gasteiger charge is -2.11. The monoisotopic (exact) mass is 390 g/mol. The first-order chi connectivity index (χ1) is 12.1. The predicted molar refractivity (Wildman–Crippen MR) is 103 cm³/mol. The van der Waals surface area contributed by atoms with Gasteiger partial charge in [0.05, 0.1) is 10.7 Å². The summed E-state index contributed by atoms with van der Waals surface area (Å²) in [7, 11) is 0. The highest BCUT2D eigenvalue weighted by molar-refractivity contribution is 7.10. The number of halogens is 2. The van der Waals surface area contributed by atoms with Crippen molar-refractivity contribution in [2.75, 3.05) is 5.32 Å². The third-order valence-electron chi connectivity index (χ3n) is 3.07. The molecule has 7 heteroatoms. The van der Waals surface area contributed by atoms with Crippen LogP contribution in [0, 0.1) is 0 Å². The highest BCUT2D eigenvalue weighted by Gasteiger charge is 2.10. The molecule has 1 amide bonds. The van der Waals surface area contributed by atoms with E-state index in [-0.39, 0.29) is 16.8 Å². The Balaban J connectivity index is 1.75. The molecule has 1 N–H and O–H groups in total. The molecule has 0 spiro atoms. The van der Waals surface area contributed by atoms with Crippen LogP contribution in [0.1, 0.15) is 4.88 Å². The van der Waals surface area contributed by atoms with Crippen LogP contribution in [0.4, 0.5) is 5.69 Å². The molecule has 25 heavy (non-hydrogen) atoms. The molecule has 0 unspecified atom stereocenters. The Morgan fingerprint density at radius 2 is 2.04 bits per heavy atom. The summed E-state index contributed by atoms with van der Waals surface area (Å²) in [6, 6.07) is 12.4. The van der Waals surface area contributed by atoms with E-state index >= 15 is 0 Å². The van der Waals surface area contributed by atoms with Crippen LogP contribution >= 0.6 is 34.5 Å². The number of hydrogen-bond acceptors (Lipinski definition) is 4. The smallest absolute Gasteiger partial charge is 0.248 e. The van der Waals surface area contributed by atoms with Gasteiger partial charge in [-0.05, 0) is 35.7 Å². The molecule has 3 rings (SSSR count). The lowest BCUT2D eigenvalue weighted by molar-refractivity contribution is -0.111. The molecule has 0 aliphatic heterocycles. The molecule has 0 saturated heterocycles. The number of rotatable bonds is 5. The Labute approximate surface area is 158 Å². The van der Waals surface area contributed by atoms with Crippen molar-refractivity contribution < 1.29 is 9.53 Å². The summed E-state index contributed by atoms with van der Waals surface area (Å²) in [6.07, 6.45) is 4.66. The second-order valence-corrected chi connectivity index (χ2v) is 6.70. The number of benzene rings is 1. The van der Waals surface area contributed by atoms with E-state index in [0.29, 0.717) is 16.5 Å². The molecule has 0 atom stereocenters. The Bertz CT molecular complexity index is 911. The number of thiophene rings is 1. The van der Waals surface area contributed by atoms with Crippen LogP contribution < -0.4 is 10.1 Å². The van der Waals surface area contributed by atoms with Crippen molar-refractivity contribution in [2.45, 2.75) is 0 Å². The summed E-state index contributed by atoms with van der Waals surface area (Å²) < 4.78 is 5.71. The van der Waals surface area contributed by atoms with Gasteiger partial charge in [-0.3, -0.25) is 4.79 Å². The maximum Gasteiger partial charge on any atom is 0.248 e. The van der Waals surface area contributed by atoms with Gasteiger partial charge in [0, 0.05) is 17.2 Å². The van der Waals surface area contributed by atoms with E-state index in [1.165, 1.54) is 18.3 Å². The zero-order valence-electron chi connectivity index (χ0n) is 12.8. The fourth-order valence-corrected chi connectivity index (χ4v) is 3.00. The summed E-state index contributed by atoms with van der Waals surface area (Å²) in [5, 5.41) is 5.43. The van der Waals surface area contributed by atoms with E-state index < -0.39 is 0 Å². The number of carbonyl (C=O) groups excluding carboxylic acids is 1. The largest absolute Gasteiger partial charge is 0.435 e. The summed E-state index contributed by atoms with van der Waals surface area (Å²) >= 11 is 13.5. The Morgan fingerprint density at radius 1 is 1.20 bits per heavy atom. The summed E-state index contributed by atoms with van der Waals surface area (Å²) in [6.45, 7) is 0. The first-order valence-electron chi connectivity index (χ1n) is 7.22. The number of nitrogens with one attached hydrogen (secondary N) is 1. The van der Waals surface area contributed by atoms with Crippen LogP contribution in [0.5, 0.6) is 11.6 Å². The molecule has 0 aliphatic carbocycles. The molecular weight excluding hydrogens is 379 g/mol. The minimum Gasteiger partial charge on any atom is -0.435 e. The van der Waals surface area contributed by atoms with E-state index in [9.17, 15) is 4.79 Å². The van der Waals surface area contributed by atoms with E-state index in [2.05, 4.69) is 10.3 Å². The molecular formula is C18H12Cl2N2O2S. The van der Waals surface area contributed by atoms with Crippen LogP contribution in [0.25, 0.3) is 6.08 Å². The van der Waals surface area contributed by atoms with Crippen molar-refractivity contribution in [2.24, 2.45) is 0 Å². The lowest BCUT2D eigenvalue weighted by Crippen LogP contribution is -2.08. The third-order valence-corrected chi connectivity index (χ3v) is 4.38. The summed E-state index contributed by atoms with van der Waals surface area (Å²) in [5.74, 6) is 0.374. The van der Waals surface area contributed by atoms with Gasteiger partial charge in [0.2, 0.25) is 11.8 Å². The average molecular weight is 391 g/mol. The first-order valence-corrected chi connectivity index (χ1v) is 8.86. The number of para-hydroxylation sites is 2. The number of ether oxygens (including phenoxy) is 1. The van der Waals surface area contributed by atoms with Crippen LogP contribution in [-0.2, 0) is 4.79 Å². The molecule has 1 aromatic carbocycles. The van der Waals surface area contributed by atoms with E-state index in [4.69, 9.17) is 27.9 Å². The van der Waals surface area contributed by atoms with Gasteiger partial charge in [0.15, 0.2) is 5.75 Å². The first kappa shape index (κ1) is 17.5. The van der Waals surface area contributed by atoms with E-state index in [0.717, 1.165) is 4.88 Å². The van der Waals surface area contributed by atoms with Crippen LogP contribution in [0.2, 0.25) is 10.0 Å². The van der Waals surface area contributed by atoms with Gasteiger partial charge in [-0.25, -0.2) is 4.98 Å². The van der Waals surface area contributed by atoms with Crippen LogP contribution in [-0.4, -0.2) is 10.9 Å². The second kappa shape index (κ2) is 8.16. The molecule has 0 fully saturated rings. The quantitative estimate of drug-likeness (QED) is 0.552. The molecule has 0 bridgehead atoms. The molecule has 2 aromatic heterocycles. The van der Waals surface area contributed by atoms with Crippen LogP contribution in [0.15, 0.2) is 60.1 Å². The number of hydrogen-bond donors (Lipinski definition) is 1. The minimum absolute atomic E-state index is 0.210. The maximum atomic E-state index is 12.1. The lowest BCUT2D eigenvalue weighted by atomic mass is 10.3. The van der Waals surface area contributed by atoms with Gasteiger partial charge in [-0.1, -0.05) is 41.4 Å².